The first-order valence-corrected chi connectivity index (χ1v) is 8.31. The van der Waals surface area contributed by atoms with E-state index in [1.165, 1.54) is 12.1 Å². The molecule has 7 heteroatoms. The molecular weight excluding hydrogens is 294 g/mol. The highest BCUT2D eigenvalue weighted by atomic mass is 32.2. The van der Waals surface area contributed by atoms with Crippen molar-refractivity contribution in [3.8, 4) is 0 Å². The van der Waals surface area contributed by atoms with Crippen LogP contribution >= 0.6 is 0 Å². The number of benzene rings is 1. The van der Waals surface area contributed by atoms with E-state index in [2.05, 4.69) is 4.72 Å². The first kappa shape index (κ1) is 15.9. The zero-order valence-electron chi connectivity index (χ0n) is 11.7. The van der Waals surface area contributed by atoms with E-state index in [0.29, 0.717) is 12.0 Å². The Labute approximate surface area is 123 Å². The molecule has 0 radical (unpaired) electrons. The number of hydrogen-bond acceptors (Lipinski definition) is 4. The molecule has 1 saturated carbocycles. The quantitative estimate of drug-likeness (QED) is 0.756. The average Bonchev–Trinajstić information content (AvgIpc) is 2.82. The highest BCUT2D eigenvalue weighted by molar-refractivity contribution is 7.89. The van der Waals surface area contributed by atoms with Gasteiger partial charge in [-0.25, -0.2) is 17.9 Å². The molecule has 2 atom stereocenters. The number of nitrogens with one attached hydrogen (secondary N) is 1. The Hall–Kier alpha value is -1.44. The molecule has 1 aromatic carbocycles. The van der Waals surface area contributed by atoms with Crippen molar-refractivity contribution in [1.29, 1.82) is 0 Å². The molecule has 0 saturated heterocycles. The summed E-state index contributed by atoms with van der Waals surface area (Å²) in [6.07, 6.45) is 1.90. The average molecular weight is 313 g/mol. The molecule has 0 aromatic heterocycles. The van der Waals surface area contributed by atoms with Gasteiger partial charge < -0.3 is 10.2 Å². The van der Waals surface area contributed by atoms with Gasteiger partial charge in [-0.1, -0.05) is 12.5 Å². The number of carboxylic acids is 1. The molecule has 0 spiro atoms. The fourth-order valence-electron chi connectivity index (χ4n) is 2.57. The van der Waals surface area contributed by atoms with Crippen LogP contribution < -0.4 is 4.72 Å². The van der Waals surface area contributed by atoms with Gasteiger partial charge in [-0.15, -0.1) is 0 Å². The molecular formula is C14H19NO5S. The van der Waals surface area contributed by atoms with Crippen LogP contribution in [-0.2, 0) is 10.0 Å². The van der Waals surface area contributed by atoms with E-state index in [0.717, 1.165) is 18.9 Å². The van der Waals surface area contributed by atoms with Crippen molar-refractivity contribution in [2.75, 3.05) is 6.54 Å². The van der Waals surface area contributed by atoms with Crippen molar-refractivity contribution < 1.29 is 23.4 Å². The Morgan fingerprint density at radius 1 is 1.38 bits per heavy atom. The lowest BCUT2D eigenvalue weighted by Crippen LogP contribution is -2.32. The maximum Gasteiger partial charge on any atom is 0.335 e. The number of aliphatic hydroxyl groups is 1. The van der Waals surface area contributed by atoms with Gasteiger partial charge in [-0.05, 0) is 43.4 Å². The molecule has 1 aromatic rings. The number of carbonyl (C=O) groups is 1. The first-order chi connectivity index (χ1) is 9.81. The second kappa shape index (κ2) is 6.13. The van der Waals surface area contributed by atoms with Crippen LogP contribution in [0.2, 0.25) is 0 Å². The maximum atomic E-state index is 12.3. The molecule has 21 heavy (non-hydrogen) atoms. The molecule has 0 bridgehead atoms. The summed E-state index contributed by atoms with van der Waals surface area (Å²) < 4.78 is 27.1. The van der Waals surface area contributed by atoms with Gasteiger partial charge in [0, 0.05) is 6.54 Å². The number of sulfonamides is 1. The minimum atomic E-state index is -3.78. The molecule has 116 valence electrons. The van der Waals surface area contributed by atoms with Crippen LogP contribution in [0, 0.1) is 12.8 Å². The normalized spacial score (nSPS) is 22.4. The molecule has 3 N–H and O–H groups in total. The van der Waals surface area contributed by atoms with E-state index in [4.69, 9.17) is 5.11 Å². The first-order valence-electron chi connectivity index (χ1n) is 6.83. The maximum absolute atomic E-state index is 12.3. The third-order valence-corrected chi connectivity index (χ3v) is 5.44. The van der Waals surface area contributed by atoms with Crippen LogP contribution in [0.5, 0.6) is 0 Å². The predicted molar refractivity (Wildman–Crippen MR) is 76.7 cm³/mol. The summed E-state index contributed by atoms with van der Waals surface area (Å²) in [5.41, 5.74) is 0.418. The van der Waals surface area contributed by atoms with E-state index in [1.54, 1.807) is 6.92 Å². The second-order valence-corrected chi connectivity index (χ2v) is 7.13. The Morgan fingerprint density at radius 3 is 2.67 bits per heavy atom. The van der Waals surface area contributed by atoms with Gasteiger partial charge in [0.25, 0.3) is 0 Å². The van der Waals surface area contributed by atoms with Gasteiger partial charge in [0.05, 0.1) is 16.6 Å². The topological polar surface area (TPSA) is 104 Å². The van der Waals surface area contributed by atoms with E-state index in [9.17, 15) is 18.3 Å². The number of aromatic carboxylic acids is 1. The summed E-state index contributed by atoms with van der Waals surface area (Å²) in [5.74, 6) is -1.25. The van der Waals surface area contributed by atoms with Crippen molar-refractivity contribution in [1.82, 2.24) is 4.72 Å². The zero-order chi connectivity index (χ0) is 15.6. The molecule has 1 fully saturated rings. The molecule has 2 rings (SSSR count). The van der Waals surface area contributed by atoms with Gasteiger partial charge in [0.15, 0.2) is 0 Å². The highest BCUT2D eigenvalue weighted by Crippen LogP contribution is 2.25. The highest BCUT2D eigenvalue weighted by Gasteiger charge is 2.27. The van der Waals surface area contributed by atoms with Gasteiger partial charge in [0.1, 0.15) is 0 Å². The van der Waals surface area contributed by atoms with Crippen molar-refractivity contribution >= 4 is 16.0 Å². The number of carboxylic acid groups (broad SMARTS) is 1. The lowest BCUT2D eigenvalue weighted by Gasteiger charge is -2.16. The molecule has 0 heterocycles. The summed E-state index contributed by atoms with van der Waals surface area (Å²) in [6.45, 7) is 1.78. The van der Waals surface area contributed by atoms with Gasteiger partial charge in [0.2, 0.25) is 10.0 Å². The molecule has 1 aliphatic carbocycles. The summed E-state index contributed by atoms with van der Waals surface area (Å²) in [4.78, 5) is 10.9. The van der Waals surface area contributed by atoms with E-state index < -0.39 is 22.1 Å². The Kier molecular flexibility index (Phi) is 4.65. The third kappa shape index (κ3) is 3.61. The second-order valence-electron chi connectivity index (χ2n) is 5.40. The van der Waals surface area contributed by atoms with Crippen LogP contribution in [-0.4, -0.2) is 37.2 Å². The molecule has 2 unspecified atom stereocenters. The van der Waals surface area contributed by atoms with Crippen LogP contribution in [0.4, 0.5) is 0 Å². The molecule has 0 aliphatic heterocycles. The summed E-state index contributed by atoms with van der Waals surface area (Å²) in [7, 11) is -3.78. The molecule has 0 amide bonds. The monoisotopic (exact) mass is 313 g/mol. The minimum Gasteiger partial charge on any atom is -0.478 e. The number of aryl methyl sites for hydroxylation is 1. The fourth-order valence-corrected chi connectivity index (χ4v) is 3.94. The van der Waals surface area contributed by atoms with E-state index in [-0.39, 0.29) is 22.9 Å². The van der Waals surface area contributed by atoms with Gasteiger partial charge in [-0.3, -0.25) is 0 Å². The summed E-state index contributed by atoms with van der Waals surface area (Å²) >= 11 is 0. The third-order valence-electron chi connectivity index (χ3n) is 3.88. The molecule has 6 nitrogen and oxygen atoms in total. The minimum absolute atomic E-state index is 0.0325. The number of hydrogen-bond donors (Lipinski definition) is 3. The number of rotatable bonds is 5. The Bertz CT molecular complexity index is 641. The predicted octanol–water partition coefficient (Wildman–Crippen LogP) is 1.13. The Balaban J connectivity index is 2.19. The van der Waals surface area contributed by atoms with Crippen LogP contribution in [0.1, 0.15) is 35.2 Å². The Morgan fingerprint density at radius 2 is 2.10 bits per heavy atom. The van der Waals surface area contributed by atoms with Crippen LogP contribution in [0.3, 0.4) is 0 Å². The van der Waals surface area contributed by atoms with Crippen molar-refractivity contribution in [2.45, 2.75) is 37.2 Å². The zero-order valence-corrected chi connectivity index (χ0v) is 12.6. The smallest absolute Gasteiger partial charge is 0.335 e. The molecule has 1 aliphatic rings. The van der Waals surface area contributed by atoms with Crippen molar-refractivity contribution in [3.05, 3.63) is 29.3 Å². The van der Waals surface area contributed by atoms with Crippen LogP contribution in [0.15, 0.2) is 23.1 Å². The number of aliphatic hydroxyl groups excluding tert-OH is 1. The van der Waals surface area contributed by atoms with E-state index in [1.807, 2.05) is 0 Å². The van der Waals surface area contributed by atoms with E-state index >= 15 is 0 Å². The lowest BCUT2D eigenvalue weighted by atomic mass is 10.1. The lowest BCUT2D eigenvalue weighted by molar-refractivity contribution is 0.0696. The fraction of sp³-hybridized carbons (Fsp3) is 0.500. The SMILES string of the molecule is Cc1ccc(C(=O)O)cc1S(=O)(=O)NCC1CCCC1O. The van der Waals surface area contributed by atoms with Crippen LogP contribution in [0.25, 0.3) is 0 Å². The van der Waals surface area contributed by atoms with Gasteiger partial charge in [-0.2, -0.15) is 0 Å². The van der Waals surface area contributed by atoms with Crippen molar-refractivity contribution in [2.24, 2.45) is 5.92 Å². The summed E-state index contributed by atoms with van der Waals surface area (Å²) in [6, 6.07) is 4.00. The summed E-state index contributed by atoms with van der Waals surface area (Å²) in [5, 5.41) is 18.7. The largest absolute Gasteiger partial charge is 0.478 e. The van der Waals surface area contributed by atoms with Gasteiger partial charge >= 0.3 is 5.97 Å². The van der Waals surface area contributed by atoms with Crippen molar-refractivity contribution in [3.63, 3.8) is 0 Å². The standard InChI is InChI=1S/C14H19NO5S/c1-9-5-6-10(14(17)18)7-13(9)21(19,20)15-8-11-3-2-4-12(11)16/h5-7,11-12,15-16H,2-4,8H2,1H3,(H,17,18).